The molecule has 1 amide bonds. The van der Waals surface area contributed by atoms with E-state index in [2.05, 4.69) is 4.98 Å². The number of hydrogen-bond acceptors (Lipinski definition) is 6. The van der Waals surface area contributed by atoms with Crippen LogP contribution in [0.3, 0.4) is 0 Å². The Kier molecular flexibility index (Phi) is 7.22. The van der Waals surface area contributed by atoms with Gasteiger partial charge in [-0.05, 0) is 48.0 Å². The van der Waals surface area contributed by atoms with Crippen LogP contribution in [0.15, 0.2) is 65.7 Å². The molecule has 2 N–H and O–H groups in total. The highest BCUT2D eigenvalue weighted by atomic mass is 35.5. The fraction of sp³-hybridized carbons (Fsp3) is 0.182. The molecule has 3 aromatic rings. The van der Waals surface area contributed by atoms with Crippen molar-refractivity contribution in [1.82, 2.24) is 4.98 Å². The number of nitrogens with zero attached hydrogens (tertiary/aromatic N) is 2. The van der Waals surface area contributed by atoms with Gasteiger partial charge in [-0.15, -0.1) is 0 Å². The van der Waals surface area contributed by atoms with Gasteiger partial charge >= 0.3 is 0 Å². The number of carbonyl (C=O) groups excluding carboxylic acids is 1. The molecule has 0 aliphatic carbocycles. The Morgan fingerprint density at radius 3 is 2.44 bits per heavy atom. The van der Waals surface area contributed by atoms with Gasteiger partial charge in [-0.3, -0.25) is 14.1 Å². The second-order valence-corrected chi connectivity index (χ2v) is 9.06. The van der Waals surface area contributed by atoms with Crippen LogP contribution in [0.4, 0.5) is 5.69 Å². The third-order valence-corrected chi connectivity index (χ3v) is 6.64. The molecule has 2 aromatic carbocycles. The van der Waals surface area contributed by atoms with E-state index >= 15 is 0 Å². The Labute approximate surface area is 191 Å². The predicted molar refractivity (Wildman–Crippen MR) is 122 cm³/mol. The number of aromatic nitrogens is 1. The Balaban J connectivity index is 2.14. The van der Waals surface area contributed by atoms with Crippen LogP contribution in [0.25, 0.3) is 0 Å². The van der Waals surface area contributed by atoms with Crippen molar-refractivity contribution < 1.29 is 22.7 Å². The van der Waals surface area contributed by atoms with Gasteiger partial charge in [0.1, 0.15) is 6.54 Å². The van der Waals surface area contributed by atoms with E-state index < -0.39 is 22.5 Å². The van der Waals surface area contributed by atoms with Crippen molar-refractivity contribution in [3.8, 4) is 11.5 Å². The van der Waals surface area contributed by atoms with Crippen LogP contribution in [0.5, 0.6) is 11.5 Å². The van der Waals surface area contributed by atoms with Gasteiger partial charge in [0.25, 0.3) is 10.0 Å². The monoisotopic (exact) mass is 475 g/mol. The molecule has 10 heteroatoms. The second kappa shape index (κ2) is 9.88. The largest absolute Gasteiger partial charge is 0.493 e. The zero-order valence-electron chi connectivity index (χ0n) is 17.5. The SMILES string of the molecule is COc1ccc(S(=O)(=O)N(CC(N)=O)c2ccc(Cl)cc2Cc2ccccn2)cc1OC. The number of carbonyl (C=O) groups is 1. The topological polar surface area (TPSA) is 112 Å². The van der Waals surface area contributed by atoms with Gasteiger partial charge in [-0.25, -0.2) is 8.42 Å². The van der Waals surface area contributed by atoms with E-state index in [-0.39, 0.29) is 16.3 Å². The summed E-state index contributed by atoms with van der Waals surface area (Å²) in [6.45, 7) is -0.562. The van der Waals surface area contributed by atoms with Crippen LogP contribution in [0.1, 0.15) is 11.3 Å². The first-order valence-electron chi connectivity index (χ1n) is 9.47. The van der Waals surface area contributed by atoms with Crippen molar-refractivity contribution in [2.45, 2.75) is 11.3 Å². The summed E-state index contributed by atoms with van der Waals surface area (Å²) in [5.41, 5.74) is 6.96. The number of primary amides is 1. The number of hydrogen-bond donors (Lipinski definition) is 1. The summed E-state index contributed by atoms with van der Waals surface area (Å²) < 4.78 is 38.6. The summed E-state index contributed by atoms with van der Waals surface area (Å²) in [4.78, 5) is 16.1. The summed E-state index contributed by atoms with van der Waals surface area (Å²) >= 11 is 6.19. The first kappa shape index (κ1) is 23.4. The molecule has 0 spiro atoms. The molecule has 32 heavy (non-hydrogen) atoms. The summed E-state index contributed by atoms with van der Waals surface area (Å²) in [6, 6.07) is 14.3. The number of ether oxygens (including phenoxy) is 2. The van der Waals surface area contributed by atoms with E-state index in [1.807, 2.05) is 12.1 Å². The second-order valence-electron chi connectivity index (χ2n) is 6.77. The molecule has 0 bridgehead atoms. The lowest BCUT2D eigenvalue weighted by Crippen LogP contribution is -2.39. The average molecular weight is 476 g/mol. The van der Waals surface area contributed by atoms with Gasteiger partial charge in [0, 0.05) is 29.4 Å². The molecule has 0 saturated carbocycles. The minimum Gasteiger partial charge on any atom is -0.493 e. The number of sulfonamides is 1. The molecule has 1 aromatic heterocycles. The van der Waals surface area contributed by atoms with Crippen LogP contribution in [-0.2, 0) is 21.2 Å². The maximum absolute atomic E-state index is 13.6. The fourth-order valence-corrected chi connectivity index (χ4v) is 4.86. The standard InChI is InChI=1S/C22H22ClN3O5S/c1-30-20-9-7-18(13-21(20)31-2)32(28,29)26(14-22(24)27)19-8-6-16(23)11-15(19)12-17-5-3-4-10-25-17/h3-11,13H,12,14H2,1-2H3,(H2,24,27). The summed E-state index contributed by atoms with van der Waals surface area (Å²) in [5, 5.41) is 0.419. The highest BCUT2D eigenvalue weighted by molar-refractivity contribution is 7.92. The highest BCUT2D eigenvalue weighted by Gasteiger charge is 2.29. The van der Waals surface area contributed by atoms with Gasteiger partial charge < -0.3 is 15.2 Å². The van der Waals surface area contributed by atoms with E-state index in [0.717, 1.165) is 4.31 Å². The Morgan fingerprint density at radius 1 is 1.06 bits per heavy atom. The van der Waals surface area contributed by atoms with Crippen LogP contribution in [0.2, 0.25) is 5.02 Å². The van der Waals surface area contributed by atoms with Crippen LogP contribution in [-0.4, -0.2) is 40.1 Å². The van der Waals surface area contributed by atoms with Gasteiger partial charge in [0.05, 0.1) is 24.8 Å². The third kappa shape index (κ3) is 5.12. The van der Waals surface area contributed by atoms with Crippen LogP contribution in [0, 0.1) is 0 Å². The molecular formula is C22H22ClN3O5S. The quantitative estimate of drug-likeness (QED) is 0.509. The summed E-state index contributed by atoms with van der Waals surface area (Å²) in [7, 11) is -1.35. The van der Waals surface area contributed by atoms with Crippen molar-refractivity contribution in [2.75, 3.05) is 25.1 Å². The normalized spacial score (nSPS) is 11.1. The molecule has 3 rings (SSSR count). The van der Waals surface area contributed by atoms with Crippen molar-refractivity contribution in [1.29, 1.82) is 0 Å². The van der Waals surface area contributed by atoms with E-state index in [1.165, 1.54) is 32.4 Å². The summed E-state index contributed by atoms with van der Waals surface area (Å²) in [5.74, 6) is -0.208. The maximum atomic E-state index is 13.6. The Hall–Kier alpha value is -3.30. The number of amides is 1. The van der Waals surface area contributed by atoms with Crippen LogP contribution >= 0.6 is 11.6 Å². The van der Waals surface area contributed by atoms with Crippen molar-refractivity contribution >= 4 is 33.2 Å². The van der Waals surface area contributed by atoms with E-state index in [1.54, 1.807) is 30.5 Å². The minimum atomic E-state index is -4.20. The number of benzene rings is 2. The summed E-state index contributed by atoms with van der Waals surface area (Å²) in [6.07, 6.45) is 1.94. The molecule has 0 radical (unpaired) electrons. The minimum absolute atomic E-state index is 0.0878. The lowest BCUT2D eigenvalue weighted by atomic mass is 10.1. The first-order valence-corrected chi connectivity index (χ1v) is 11.3. The van der Waals surface area contributed by atoms with E-state index in [4.69, 9.17) is 26.8 Å². The highest BCUT2D eigenvalue weighted by Crippen LogP contribution is 2.34. The lowest BCUT2D eigenvalue weighted by molar-refractivity contribution is -0.116. The van der Waals surface area contributed by atoms with Crippen molar-refractivity contribution in [3.05, 3.63) is 77.1 Å². The molecule has 0 unspecified atom stereocenters. The molecule has 168 valence electrons. The number of methoxy groups -OCH3 is 2. The Bertz CT molecular complexity index is 1220. The molecule has 1 heterocycles. The van der Waals surface area contributed by atoms with Gasteiger partial charge in [0.2, 0.25) is 5.91 Å². The number of rotatable bonds is 9. The average Bonchev–Trinajstić information content (AvgIpc) is 2.78. The van der Waals surface area contributed by atoms with E-state index in [9.17, 15) is 13.2 Å². The smallest absolute Gasteiger partial charge is 0.264 e. The van der Waals surface area contributed by atoms with Gasteiger partial charge in [-0.2, -0.15) is 0 Å². The molecule has 0 fully saturated rings. The van der Waals surface area contributed by atoms with Gasteiger partial charge in [-0.1, -0.05) is 17.7 Å². The number of halogens is 1. The number of anilines is 1. The molecule has 0 aliphatic rings. The third-order valence-electron chi connectivity index (χ3n) is 4.65. The number of pyridine rings is 1. The molecule has 8 nitrogen and oxygen atoms in total. The van der Waals surface area contributed by atoms with Gasteiger partial charge in [0.15, 0.2) is 11.5 Å². The maximum Gasteiger partial charge on any atom is 0.264 e. The van der Waals surface area contributed by atoms with E-state index in [0.29, 0.717) is 28.5 Å². The number of nitrogens with two attached hydrogens (primary N) is 1. The zero-order chi connectivity index (χ0) is 23.3. The first-order chi connectivity index (χ1) is 15.3. The van der Waals surface area contributed by atoms with Crippen molar-refractivity contribution in [3.63, 3.8) is 0 Å². The lowest BCUT2D eigenvalue weighted by Gasteiger charge is -2.26. The molecular weight excluding hydrogens is 454 g/mol. The van der Waals surface area contributed by atoms with Crippen LogP contribution < -0.4 is 19.5 Å². The zero-order valence-corrected chi connectivity index (χ0v) is 19.1. The van der Waals surface area contributed by atoms with Crippen molar-refractivity contribution in [2.24, 2.45) is 5.73 Å². The fourth-order valence-electron chi connectivity index (χ4n) is 3.18. The molecule has 0 atom stereocenters. The Morgan fingerprint density at radius 2 is 1.81 bits per heavy atom. The molecule has 0 saturated heterocycles. The predicted octanol–water partition coefficient (Wildman–Crippen LogP) is 3.02. The molecule has 0 aliphatic heterocycles.